The minimum atomic E-state index is -0.0670. The lowest BCUT2D eigenvalue weighted by Crippen LogP contribution is -2.11. The van der Waals surface area contributed by atoms with Crippen molar-refractivity contribution in [3.8, 4) is 0 Å². The maximum atomic E-state index is 12.2. The lowest BCUT2D eigenvalue weighted by molar-refractivity contribution is 0.102. The quantitative estimate of drug-likeness (QED) is 0.821. The molecule has 1 amide bonds. The molecule has 1 N–H and O–H groups in total. The Hall–Kier alpha value is -2.09. The summed E-state index contributed by atoms with van der Waals surface area (Å²) in [5.74, 6) is 0.909. The predicted molar refractivity (Wildman–Crippen MR) is 89.0 cm³/mol. The van der Waals surface area contributed by atoms with Crippen LogP contribution < -0.4 is 5.32 Å². The van der Waals surface area contributed by atoms with Gasteiger partial charge in [0.2, 0.25) is 0 Å². The molecule has 110 valence electrons. The molecular formula is C19H23NO. The van der Waals surface area contributed by atoms with Crippen molar-refractivity contribution in [2.75, 3.05) is 5.32 Å². The lowest BCUT2D eigenvalue weighted by Gasteiger charge is -2.09. The van der Waals surface area contributed by atoms with E-state index in [1.54, 1.807) is 0 Å². The van der Waals surface area contributed by atoms with Gasteiger partial charge in [-0.3, -0.25) is 4.79 Å². The Labute approximate surface area is 127 Å². The molecule has 0 spiro atoms. The summed E-state index contributed by atoms with van der Waals surface area (Å²) >= 11 is 0. The Morgan fingerprint density at radius 1 is 0.762 bits per heavy atom. The first-order valence-corrected chi connectivity index (χ1v) is 7.48. The van der Waals surface area contributed by atoms with E-state index in [0.717, 1.165) is 5.69 Å². The van der Waals surface area contributed by atoms with Crippen LogP contribution >= 0.6 is 0 Å². The Bertz CT molecular complexity index is 594. The minimum Gasteiger partial charge on any atom is -0.322 e. The van der Waals surface area contributed by atoms with E-state index in [9.17, 15) is 4.79 Å². The van der Waals surface area contributed by atoms with E-state index in [1.165, 1.54) is 11.1 Å². The topological polar surface area (TPSA) is 29.1 Å². The first-order chi connectivity index (χ1) is 9.97. The molecule has 2 rings (SSSR count). The van der Waals surface area contributed by atoms with E-state index >= 15 is 0 Å². The average molecular weight is 281 g/mol. The second kappa shape index (κ2) is 6.57. The monoisotopic (exact) mass is 281 g/mol. The van der Waals surface area contributed by atoms with Crippen LogP contribution in [0.4, 0.5) is 5.69 Å². The molecule has 0 bridgehead atoms. The second-order valence-electron chi connectivity index (χ2n) is 6.01. The van der Waals surface area contributed by atoms with Gasteiger partial charge in [-0.25, -0.2) is 0 Å². The molecular weight excluding hydrogens is 258 g/mol. The van der Waals surface area contributed by atoms with E-state index < -0.39 is 0 Å². The summed E-state index contributed by atoms with van der Waals surface area (Å²) in [5.41, 5.74) is 4.03. The summed E-state index contributed by atoms with van der Waals surface area (Å²) < 4.78 is 0. The van der Waals surface area contributed by atoms with Crippen LogP contribution in [0.2, 0.25) is 0 Å². The van der Waals surface area contributed by atoms with Gasteiger partial charge in [0.25, 0.3) is 5.91 Å². The third-order valence-corrected chi connectivity index (χ3v) is 3.67. The third-order valence-electron chi connectivity index (χ3n) is 3.67. The first kappa shape index (κ1) is 15.3. The molecule has 0 saturated heterocycles. The zero-order chi connectivity index (χ0) is 15.4. The molecule has 0 unspecified atom stereocenters. The Morgan fingerprint density at radius 3 is 1.62 bits per heavy atom. The molecule has 0 aliphatic rings. The summed E-state index contributed by atoms with van der Waals surface area (Å²) in [7, 11) is 0. The van der Waals surface area contributed by atoms with Crippen molar-refractivity contribution in [1.82, 2.24) is 0 Å². The van der Waals surface area contributed by atoms with Gasteiger partial charge in [0.15, 0.2) is 0 Å². The number of amides is 1. The van der Waals surface area contributed by atoms with Crippen molar-refractivity contribution in [3.63, 3.8) is 0 Å². The molecule has 0 atom stereocenters. The van der Waals surface area contributed by atoms with E-state index in [-0.39, 0.29) is 5.91 Å². The molecule has 0 heterocycles. The third kappa shape index (κ3) is 3.94. The van der Waals surface area contributed by atoms with Crippen LogP contribution in [0, 0.1) is 0 Å². The van der Waals surface area contributed by atoms with Crippen LogP contribution in [0.25, 0.3) is 0 Å². The lowest BCUT2D eigenvalue weighted by atomic mass is 10.0. The van der Waals surface area contributed by atoms with Crippen molar-refractivity contribution in [1.29, 1.82) is 0 Å². The number of carbonyl (C=O) groups excluding carboxylic acids is 1. The predicted octanol–water partition coefficient (Wildman–Crippen LogP) is 5.19. The Kier molecular flexibility index (Phi) is 4.79. The van der Waals surface area contributed by atoms with E-state index in [0.29, 0.717) is 17.4 Å². The number of rotatable bonds is 4. The molecule has 2 heteroatoms. The minimum absolute atomic E-state index is 0.0670. The Balaban J connectivity index is 2.06. The summed E-state index contributed by atoms with van der Waals surface area (Å²) in [6, 6.07) is 15.8. The van der Waals surface area contributed by atoms with E-state index in [2.05, 4.69) is 45.1 Å². The zero-order valence-corrected chi connectivity index (χ0v) is 13.2. The van der Waals surface area contributed by atoms with Gasteiger partial charge >= 0.3 is 0 Å². The van der Waals surface area contributed by atoms with E-state index in [1.807, 2.05) is 36.4 Å². The highest BCUT2D eigenvalue weighted by molar-refractivity contribution is 6.04. The highest BCUT2D eigenvalue weighted by Gasteiger charge is 2.07. The second-order valence-corrected chi connectivity index (χ2v) is 6.01. The molecule has 21 heavy (non-hydrogen) atoms. The maximum Gasteiger partial charge on any atom is 0.255 e. The van der Waals surface area contributed by atoms with Gasteiger partial charge in [-0.05, 0) is 47.2 Å². The van der Waals surface area contributed by atoms with Gasteiger partial charge in [-0.15, -0.1) is 0 Å². The van der Waals surface area contributed by atoms with Crippen LogP contribution in [0.15, 0.2) is 48.5 Å². The number of anilines is 1. The fourth-order valence-corrected chi connectivity index (χ4v) is 2.17. The number of hydrogen-bond donors (Lipinski definition) is 1. The Morgan fingerprint density at radius 2 is 1.19 bits per heavy atom. The van der Waals surface area contributed by atoms with Gasteiger partial charge in [0.1, 0.15) is 0 Å². The van der Waals surface area contributed by atoms with Crippen molar-refractivity contribution < 1.29 is 4.79 Å². The SMILES string of the molecule is CC(C)c1ccc(NC(=O)c2ccc(C(C)C)cc2)cc1. The largest absolute Gasteiger partial charge is 0.322 e. The molecule has 2 aromatic rings. The fraction of sp³-hybridized carbons (Fsp3) is 0.316. The smallest absolute Gasteiger partial charge is 0.255 e. The summed E-state index contributed by atoms with van der Waals surface area (Å²) in [5, 5.41) is 2.93. The van der Waals surface area contributed by atoms with Crippen LogP contribution in [-0.4, -0.2) is 5.91 Å². The molecule has 2 nitrogen and oxygen atoms in total. The van der Waals surface area contributed by atoms with Gasteiger partial charge in [-0.1, -0.05) is 52.0 Å². The standard InChI is InChI=1S/C19H23NO/c1-13(2)15-5-7-17(8-6-15)19(21)20-18-11-9-16(10-12-18)14(3)4/h5-14H,1-4H3,(H,20,21). The number of benzene rings is 2. The van der Waals surface area contributed by atoms with Crippen LogP contribution in [0.3, 0.4) is 0 Å². The first-order valence-electron chi connectivity index (χ1n) is 7.48. The molecule has 0 saturated carbocycles. The van der Waals surface area contributed by atoms with Crippen molar-refractivity contribution in [2.24, 2.45) is 0 Å². The van der Waals surface area contributed by atoms with Gasteiger partial charge in [0.05, 0.1) is 0 Å². The highest BCUT2D eigenvalue weighted by Crippen LogP contribution is 2.18. The maximum absolute atomic E-state index is 12.2. The molecule has 0 radical (unpaired) electrons. The van der Waals surface area contributed by atoms with Crippen molar-refractivity contribution in [3.05, 3.63) is 65.2 Å². The van der Waals surface area contributed by atoms with Gasteiger partial charge < -0.3 is 5.32 Å². The number of carbonyl (C=O) groups is 1. The molecule has 0 fully saturated rings. The molecule has 0 aliphatic heterocycles. The summed E-state index contributed by atoms with van der Waals surface area (Å²) in [6.45, 7) is 8.60. The molecule has 0 aromatic heterocycles. The number of nitrogens with one attached hydrogen (secondary N) is 1. The normalized spacial score (nSPS) is 11.0. The average Bonchev–Trinajstić information content (AvgIpc) is 2.47. The van der Waals surface area contributed by atoms with Crippen LogP contribution in [-0.2, 0) is 0 Å². The van der Waals surface area contributed by atoms with Crippen molar-refractivity contribution in [2.45, 2.75) is 39.5 Å². The van der Waals surface area contributed by atoms with Gasteiger partial charge in [-0.2, -0.15) is 0 Å². The molecule has 2 aromatic carbocycles. The highest BCUT2D eigenvalue weighted by atomic mass is 16.1. The molecule has 0 aliphatic carbocycles. The fourth-order valence-electron chi connectivity index (χ4n) is 2.17. The van der Waals surface area contributed by atoms with E-state index in [4.69, 9.17) is 0 Å². The van der Waals surface area contributed by atoms with Crippen molar-refractivity contribution >= 4 is 11.6 Å². The van der Waals surface area contributed by atoms with Gasteiger partial charge in [0, 0.05) is 11.3 Å². The summed E-state index contributed by atoms with van der Waals surface area (Å²) in [6.07, 6.45) is 0. The number of hydrogen-bond acceptors (Lipinski definition) is 1. The zero-order valence-electron chi connectivity index (χ0n) is 13.2. The summed E-state index contributed by atoms with van der Waals surface area (Å²) in [4.78, 5) is 12.2. The van der Waals surface area contributed by atoms with Crippen LogP contribution in [0.1, 0.15) is 61.0 Å². The van der Waals surface area contributed by atoms with Crippen LogP contribution in [0.5, 0.6) is 0 Å².